The molecule has 1 unspecified atom stereocenters. The Morgan fingerprint density at radius 1 is 1.04 bits per heavy atom. The van der Waals surface area contributed by atoms with E-state index in [1.807, 2.05) is 85.3 Å². The molecule has 1 aliphatic heterocycles. The quantitative estimate of drug-likeness (QED) is 0.673. The van der Waals surface area contributed by atoms with Crippen molar-refractivity contribution in [3.8, 4) is 0 Å². The number of benzene rings is 2. The molecule has 1 fully saturated rings. The van der Waals surface area contributed by atoms with E-state index in [1.165, 1.54) is 0 Å². The Balaban J connectivity index is 1.80. The number of nitrogens with zero attached hydrogens (tertiary/aromatic N) is 2. The first kappa shape index (κ1) is 16.6. The number of cyclic esters (lactones) is 1. The van der Waals surface area contributed by atoms with Crippen molar-refractivity contribution in [2.24, 2.45) is 0 Å². The van der Waals surface area contributed by atoms with Gasteiger partial charge in [0.05, 0.1) is 6.54 Å². The lowest BCUT2D eigenvalue weighted by atomic mass is 9.70. The second kappa shape index (κ2) is 6.13. The van der Waals surface area contributed by atoms with Crippen LogP contribution in [0.15, 0.2) is 73.1 Å². The maximum Gasteiger partial charge on any atom is 0.321 e. The summed E-state index contributed by atoms with van der Waals surface area (Å²) in [7, 11) is 0. The lowest BCUT2D eigenvalue weighted by molar-refractivity contribution is -0.150. The smallest absolute Gasteiger partial charge is 0.321 e. The number of aromatic nitrogens is 2. The van der Waals surface area contributed by atoms with Gasteiger partial charge >= 0.3 is 5.97 Å². The van der Waals surface area contributed by atoms with Crippen molar-refractivity contribution in [2.45, 2.75) is 37.8 Å². The Bertz CT molecular complexity index is 878. The molecule has 1 aromatic heterocycles. The average molecular weight is 346 g/mol. The Kier molecular flexibility index (Phi) is 3.91. The number of ether oxygens (including phenoxy) is 1. The Morgan fingerprint density at radius 3 is 2.12 bits per heavy atom. The second-order valence-electron chi connectivity index (χ2n) is 7.26. The van der Waals surface area contributed by atoms with Crippen LogP contribution >= 0.6 is 0 Å². The van der Waals surface area contributed by atoms with Crippen LogP contribution in [-0.4, -0.2) is 21.1 Å². The first-order chi connectivity index (χ1) is 12.5. The molecule has 1 aliphatic rings. The predicted molar refractivity (Wildman–Crippen MR) is 99.7 cm³/mol. The number of aryl methyl sites for hydroxylation is 1. The van der Waals surface area contributed by atoms with Crippen molar-refractivity contribution in [1.82, 2.24) is 9.55 Å². The van der Waals surface area contributed by atoms with Crippen LogP contribution in [0.5, 0.6) is 0 Å². The molecule has 0 aliphatic carbocycles. The molecule has 0 N–H and O–H groups in total. The van der Waals surface area contributed by atoms with Crippen LogP contribution < -0.4 is 0 Å². The van der Waals surface area contributed by atoms with Gasteiger partial charge in [0.2, 0.25) is 0 Å². The third-order valence-corrected chi connectivity index (χ3v) is 5.29. The van der Waals surface area contributed by atoms with E-state index in [9.17, 15) is 4.79 Å². The van der Waals surface area contributed by atoms with Gasteiger partial charge in [-0.05, 0) is 25.0 Å². The van der Waals surface area contributed by atoms with E-state index in [1.54, 1.807) is 6.20 Å². The van der Waals surface area contributed by atoms with Gasteiger partial charge in [-0.15, -0.1) is 0 Å². The third-order valence-electron chi connectivity index (χ3n) is 5.29. The Labute approximate surface area is 153 Å². The highest BCUT2D eigenvalue weighted by atomic mass is 16.6. The third kappa shape index (κ3) is 2.62. The fourth-order valence-electron chi connectivity index (χ4n) is 4.05. The van der Waals surface area contributed by atoms with E-state index in [4.69, 9.17) is 4.74 Å². The second-order valence-corrected chi connectivity index (χ2v) is 7.26. The molecule has 132 valence electrons. The molecule has 1 saturated heterocycles. The van der Waals surface area contributed by atoms with Crippen molar-refractivity contribution in [2.75, 3.05) is 0 Å². The molecule has 26 heavy (non-hydrogen) atoms. The molecule has 0 spiro atoms. The molecule has 0 bridgehead atoms. The molecular formula is C22H22N2O2. The first-order valence-corrected chi connectivity index (χ1v) is 8.86. The fourth-order valence-corrected chi connectivity index (χ4v) is 4.05. The van der Waals surface area contributed by atoms with E-state index in [0.717, 1.165) is 17.0 Å². The summed E-state index contributed by atoms with van der Waals surface area (Å²) in [6, 6.07) is 19.9. The summed E-state index contributed by atoms with van der Waals surface area (Å²) in [6.07, 6.45) is 4.29. The highest BCUT2D eigenvalue weighted by Crippen LogP contribution is 2.48. The van der Waals surface area contributed by atoms with Crippen molar-refractivity contribution in [3.63, 3.8) is 0 Å². The van der Waals surface area contributed by atoms with Crippen molar-refractivity contribution in [3.05, 3.63) is 90.0 Å². The standard InChI is InChI=1S/C22H22N2O2/c1-17-23-13-14-24(17)16-21(2)15-22(20(25)26-21,18-9-5-3-6-10-18)19-11-7-4-8-12-19/h3-14H,15-16H2,1-2H3. The minimum absolute atomic E-state index is 0.185. The van der Waals surface area contributed by atoms with Gasteiger partial charge in [-0.2, -0.15) is 0 Å². The molecule has 1 atom stereocenters. The predicted octanol–water partition coefficient (Wildman–Crippen LogP) is 3.88. The van der Waals surface area contributed by atoms with Gasteiger partial charge in [-0.25, -0.2) is 4.98 Å². The van der Waals surface area contributed by atoms with E-state index < -0.39 is 11.0 Å². The lowest BCUT2D eigenvalue weighted by Crippen LogP contribution is -2.35. The van der Waals surface area contributed by atoms with Crippen LogP contribution in [0.25, 0.3) is 0 Å². The van der Waals surface area contributed by atoms with Gasteiger partial charge in [0.25, 0.3) is 0 Å². The number of imidazole rings is 1. The molecule has 4 rings (SSSR count). The maximum atomic E-state index is 13.3. The van der Waals surface area contributed by atoms with E-state index >= 15 is 0 Å². The van der Waals surface area contributed by atoms with Crippen LogP contribution in [-0.2, 0) is 21.5 Å². The van der Waals surface area contributed by atoms with Gasteiger partial charge in [0.1, 0.15) is 16.8 Å². The molecule has 2 aromatic carbocycles. The SMILES string of the molecule is Cc1nccn1CC1(C)CC(c2ccccc2)(c2ccccc2)C(=O)O1. The number of esters is 1. The molecule has 4 nitrogen and oxygen atoms in total. The normalized spacial score (nSPS) is 21.5. The number of carbonyl (C=O) groups excluding carboxylic acids is 1. The van der Waals surface area contributed by atoms with Crippen molar-refractivity contribution < 1.29 is 9.53 Å². The zero-order chi connectivity index (χ0) is 18.2. The van der Waals surface area contributed by atoms with Crippen LogP contribution in [0.2, 0.25) is 0 Å². The number of rotatable bonds is 4. The highest BCUT2D eigenvalue weighted by molar-refractivity contribution is 5.90. The summed E-state index contributed by atoms with van der Waals surface area (Å²) < 4.78 is 8.06. The summed E-state index contributed by atoms with van der Waals surface area (Å²) in [6.45, 7) is 4.56. The minimum Gasteiger partial charge on any atom is -0.456 e. The van der Waals surface area contributed by atoms with E-state index in [2.05, 4.69) is 4.98 Å². The average Bonchev–Trinajstić information content (AvgIpc) is 3.17. The minimum atomic E-state index is -0.786. The molecular weight excluding hydrogens is 324 g/mol. The van der Waals surface area contributed by atoms with Crippen molar-refractivity contribution >= 4 is 5.97 Å². The van der Waals surface area contributed by atoms with Gasteiger partial charge in [-0.3, -0.25) is 4.79 Å². The summed E-state index contributed by atoms with van der Waals surface area (Å²) in [5.74, 6) is 0.731. The van der Waals surface area contributed by atoms with Crippen LogP contribution in [0, 0.1) is 6.92 Å². The molecule has 0 amide bonds. The molecule has 3 aromatic rings. The Hall–Kier alpha value is -2.88. The zero-order valence-corrected chi connectivity index (χ0v) is 15.1. The fraction of sp³-hybridized carbons (Fsp3) is 0.273. The van der Waals surface area contributed by atoms with Gasteiger partial charge in [0.15, 0.2) is 0 Å². The molecule has 0 saturated carbocycles. The topological polar surface area (TPSA) is 44.1 Å². The van der Waals surface area contributed by atoms with Crippen LogP contribution in [0.3, 0.4) is 0 Å². The maximum absolute atomic E-state index is 13.3. The lowest BCUT2D eigenvalue weighted by Gasteiger charge is -2.28. The Morgan fingerprint density at radius 2 is 1.62 bits per heavy atom. The van der Waals surface area contributed by atoms with E-state index in [-0.39, 0.29) is 5.97 Å². The van der Waals surface area contributed by atoms with Crippen LogP contribution in [0.4, 0.5) is 0 Å². The van der Waals surface area contributed by atoms with Gasteiger partial charge < -0.3 is 9.30 Å². The van der Waals surface area contributed by atoms with Gasteiger partial charge in [-0.1, -0.05) is 60.7 Å². The van der Waals surface area contributed by atoms with Gasteiger partial charge in [0, 0.05) is 18.8 Å². The number of carbonyl (C=O) groups is 1. The summed E-state index contributed by atoms with van der Waals surface area (Å²) >= 11 is 0. The number of hydrogen-bond donors (Lipinski definition) is 0. The molecule has 2 heterocycles. The first-order valence-electron chi connectivity index (χ1n) is 8.86. The van der Waals surface area contributed by atoms with Crippen LogP contribution in [0.1, 0.15) is 30.3 Å². The molecule has 0 radical (unpaired) electrons. The number of hydrogen-bond acceptors (Lipinski definition) is 3. The monoisotopic (exact) mass is 346 g/mol. The summed E-state index contributed by atoms with van der Waals surface area (Å²) in [5, 5.41) is 0. The summed E-state index contributed by atoms with van der Waals surface area (Å²) in [4.78, 5) is 17.6. The summed E-state index contributed by atoms with van der Waals surface area (Å²) in [5.41, 5.74) is 0.560. The zero-order valence-electron chi connectivity index (χ0n) is 15.1. The van der Waals surface area contributed by atoms with E-state index in [0.29, 0.717) is 13.0 Å². The molecule has 4 heteroatoms. The highest BCUT2D eigenvalue weighted by Gasteiger charge is 2.56. The van der Waals surface area contributed by atoms with Crippen molar-refractivity contribution in [1.29, 1.82) is 0 Å². The largest absolute Gasteiger partial charge is 0.456 e.